The molecule has 0 aromatic heterocycles. The molecule has 0 bridgehead atoms. The van der Waals surface area contributed by atoms with E-state index in [0.29, 0.717) is 5.41 Å². The Morgan fingerprint density at radius 2 is 1.40 bits per heavy atom. The van der Waals surface area contributed by atoms with E-state index in [0.717, 1.165) is 0 Å². The molecule has 0 fully saturated rings. The zero-order valence-corrected chi connectivity index (χ0v) is 13.7. The summed E-state index contributed by atoms with van der Waals surface area (Å²) in [7, 11) is 0. The Hall–Kier alpha value is -1.04. The van der Waals surface area contributed by atoms with Crippen LogP contribution in [-0.2, 0) is 6.42 Å². The van der Waals surface area contributed by atoms with Gasteiger partial charge in [0.1, 0.15) is 0 Å². The summed E-state index contributed by atoms with van der Waals surface area (Å²) in [5, 5.41) is 0. The Morgan fingerprint density at radius 1 is 0.800 bits per heavy atom. The molecule has 0 aliphatic heterocycles. The number of hydrogen-bond acceptors (Lipinski definition) is 0. The molecule has 0 amide bonds. The molecular weight excluding hydrogens is 240 g/mol. The van der Waals surface area contributed by atoms with Crippen LogP contribution < -0.4 is 0 Å². The van der Waals surface area contributed by atoms with Gasteiger partial charge in [-0.3, -0.25) is 0 Å². The average molecular weight is 272 g/mol. The highest BCUT2D eigenvalue weighted by atomic mass is 14.1. The molecule has 0 nitrogen and oxygen atoms in total. The molecule has 1 rings (SSSR count). The molecule has 0 radical (unpaired) electrons. The molecule has 0 unspecified atom stereocenters. The van der Waals surface area contributed by atoms with Gasteiger partial charge in [0.15, 0.2) is 0 Å². The van der Waals surface area contributed by atoms with Crippen LogP contribution in [0.5, 0.6) is 0 Å². The fourth-order valence-electron chi connectivity index (χ4n) is 2.38. The molecule has 112 valence electrons. The minimum Gasteiger partial charge on any atom is -0.0880 e. The van der Waals surface area contributed by atoms with Crippen molar-refractivity contribution >= 4 is 0 Å². The Kier molecular flexibility index (Phi) is 8.34. The molecular formula is C20H32. The van der Waals surface area contributed by atoms with Gasteiger partial charge in [0.05, 0.1) is 0 Å². The summed E-state index contributed by atoms with van der Waals surface area (Å²) in [6.45, 7) is 6.78. The molecule has 1 aromatic rings. The van der Waals surface area contributed by atoms with Crippen molar-refractivity contribution in [3.8, 4) is 0 Å². The number of aryl methyl sites for hydroxylation is 1. The van der Waals surface area contributed by atoms with Gasteiger partial charge in [0, 0.05) is 0 Å². The number of unbranched alkanes of at least 4 members (excludes halogenated alkanes) is 6. The van der Waals surface area contributed by atoms with Gasteiger partial charge in [-0.15, -0.1) is 0 Å². The summed E-state index contributed by atoms with van der Waals surface area (Å²) < 4.78 is 0. The Bertz CT molecular complexity index is 353. The SMILES string of the molecule is CC(C)(C)/C=C/CCCCCCCCc1ccccc1. The van der Waals surface area contributed by atoms with Gasteiger partial charge >= 0.3 is 0 Å². The van der Waals surface area contributed by atoms with E-state index < -0.39 is 0 Å². The molecule has 0 atom stereocenters. The highest BCUT2D eigenvalue weighted by Gasteiger charge is 2.02. The van der Waals surface area contributed by atoms with Crippen molar-refractivity contribution in [2.24, 2.45) is 5.41 Å². The van der Waals surface area contributed by atoms with Crippen molar-refractivity contribution in [3.63, 3.8) is 0 Å². The van der Waals surface area contributed by atoms with Gasteiger partial charge in [-0.2, -0.15) is 0 Å². The third-order valence-electron chi connectivity index (χ3n) is 3.55. The van der Waals surface area contributed by atoms with E-state index in [1.165, 1.54) is 56.9 Å². The van der Waals surface area contributed by atoms with Gasteiger partial charge in [0.2, 0.25) is 0 Å². The van der Waals surface area contributed by atoms with E-state index in [9.17, 15) is 0 Å². The van der Waals surface area contributed by atoms with Crippen LogP contribution in [0.25, 0.3) is 0 Å². The van der Waals surface area contributed by atoms with E-state index in [1.54, 1.807) is 0 Å². The predicted octanol–water partition coefficient (Wildman–Crippen LogP) is 6.56. The molecule has 0 aliphatic carbocycles. The van der Waals surface area contributed by atoms with E-state index in [1.807, 2.05) is 0 Å². The fourth-order valence-corrected chi connectivity index (χ4v) is 2.38. The molecule has 0 saturated heterocycles. The lowest BCUT2D eigenvalue weighted by molar-refractivity contribution is 0.540. The molecule has 0 spiro atoms. The second-order valence-corrected chi connectivity index (χ2v) is 6.91. The molecule has 1 aromatic carbocycles. The third kappa shape index (κ3) is 9.83. The largest absolute Gasteiger partial charge is 0.0880 e. The van der Waals surface area contributed by atoms with E-state index in [-0.39, 0.29) is 0 Å². The van der Waals surface area contributed by atoms with Crippen LogP contribution in [0.1, 0.15) is 71.3 Å². The monoisotopic (exact) mass is 272 g/mol. The average Bonchev–Trinajstić information content (AvgIpc) is 2.41. The maximum Gasteiger partial charge on any atom is -0.0203 e. The minimum atomic E-state index is 0.345. The number of hydrogen-bond donors (Lipinski definition) is 0. The van der Waals surface area contributed by atoms with Gasteiger partial charge < -0.3 is 0 Å². The lowest BCUT2D eigenvalue weighted by Gasteiger charge is -2.10. The second kappa shape index (κ2) is 9.80. The van der Waals surface area contributed by atoms with Crippen LogP contribution in [0.4, 0.5) is 0 Å². The summed E-state index contributed by atoms with van der Waals surface area (Å²) >= 11 is 0. The summed E-state index contributed by atoms with van der Waals surface area (Å²) in [6.07, 6.45) is 15.5. The smallest absolute Gasteiger partial charge is 0.0203 e. The van der Waals surface area contributed by atoms with Crippen molar-refractivity contribution in [2.75, 3.05) is 0 Å². The zero-order chi connectivity index (χ0) is 14.7. The summed E-state index contributed by atoms with van der Waals surface area (Å²) in [4.78, 5) is 0. The minimum absolute atomic E-state index is 0.345. The quantitative estimate of drug-likeness (QED) is 0.352. The second-order valence-electron chi connectivity index (χ2n) is 6.91. The van der Waals surface area contributed by atoms with Crippen LogP contribution >= 0.6 is 0 Å². The maximum atomic E-state index is 2.36. The lowest BCUT2D eigenvalue weighted by Crippen LogP contribution is -1.98. The molecule has 0 saturated carbocycles. The first-order chi connectivity index (χ1) is 9.58. The topological polar surface area (TPSA) is 0 Å². The van der Waals surface area contributed by atoms with E-state index in [4.69, 9.17) is 0 Å². The van der Waals surface area contributed by atoms with Gasteiger partial charge in [0.25, 0.3) is 0 Å². The van der Waals surface area contributed by atoms with Gasteiger partial charge in [-0.05, 0) is 36.7 Å². The van der Waals surface area contributed by atoms with Crippen molar-refractivity contribution < 1.29 is 0 Å². The van der Waals surface area contributed by atoms with Crippen LogP contribution in [0.15, 0.2) is 42.5 Å². The van der Waals surface area contributed by atoms with E-state index in [2.05, 4.69) is 63.3 Å². The molecule has 0 heterocycles. The Labute approximate surface area is 126 Å². The first-order valence-corrected chi connectivity index (χ1v) is 8.29. The van der Waals surface area contributed by atoms with Gasteiger partial charge in [-0.25, -0.2) is 0 Å². The lowest BCUT2D eigenvalue weighted by atomic mass is 9.95. The van der Waals surface area contributed by atoms with Crippen LogP contribution in [-0.4, -0.2) is 0 Å². The third-order valence-corrected chi connectivity index (χ3v) is 3.55. The fraction of sp³-hybridized carbons (Fsp3) is 0.600. The zero-order valence-electron chi connectivity index (χ0n) is 13.7. The molecule has 0 aliphatic rings. The normalized spacial score (nSPS) is 12.2. The molecule has 20 heavy (non-hydrogen) atoms. The van der Waals surface area contributed by atoms with Crippen molar-refractivity contribution in [3.05, 3.63) is 48.0 Å². The number of allylic oxidation sites excluding steroid dienone is 2. The van der Waals surface area contributed by atoms with Crippen LogP contribution in [0.2, 0.25) is 0 Å². The molecule has 0 heteroatoms. The van der Waals surface area contributed by atoms with Crippen molar-refractivity contribution in [1.82, 2.24) is 0 Å². The van der Waals surface area contributed by atoms with Crippen molar-refractivity contribution in [2.45, 2.75) is 72.1 Å². The number of rotatable bonds is 9. The Morgan fingerprint density at radius 3 is 2.05 bits per heavy atom. The first kappa shape index (κ1) is 17.0. The molecule has 0 N–H and O–H groups in total. The maximum absolute atomic E-state index is 2.36. The standard InChI is InChI=1S/C20H32/c1-20(2,3)18-14-9-7-5-4-6-8-11-15-19-16-12-10-13-17-19/h10,12-14,16-18H,4-9,11,15H2,1-3H3/b18-14+. The van der Waals surface area contributed by atoms with Crippen molar-refractivity contribution in [1.29, 1.82) is 0 Å². The summed E-state index contributed by atoms with van der Waals surface area (Å²) in [5.74, 6) is 0. The van der Waals surface area contributed by atoms with Crippen LogP contribution in [0, 0.1) is 5.41 Å². The number of benzene rings is 1. The highest BCUT2D eigenvalue weighted by Crippen LogP contribution is 2.16. The summed E-state index contributed by atoms with van der Waals surface area (Å²) in [5.41, 5.74) is 1.83. The Balaban J connectivity index is 1.89. The summed E-state index contributed by atoms with van der Waals surface area (Å²) in [6, 6.07) is 10.8. The van der Waals surface area contributed by atoms with E-state index >= 15 is 0 Å². The highest BCUT2D eigenvalue weighted by molar-refractivity contribution is 5.14. The first-order valence-electron chi connectivity index (χ1n) is 8.29. The van der Waals surface area contributed by atoms with Gasteiger partial charge in [-0.1, -0.05) is 88.9 Å². The predicted molar refractivity (Wildman–Crippen MR) is 91.1 cm³/mol. The van der Waals surface area contributed by atoms with Crippen LogP contribution in [0.3, 0.4) is 0 Å².